The van der Waals surface area contributed by atoms with E-state index in [1.54, 1.807) is 22.8 Å². The highest BCUT2D eigenvalue weighted by Crippen LogP contribution is 2.23. The van der Waals surface area contributed by atoms with Gasteiger partial charge in [-0.05, 0) is 44.4 Å². The minimum absolute atomic E-state index is 0.0318. The van der Waals surface area contributed by atoms with Gasteiger partial charge < -0.3 is 10.1 Å². The van der Waals surface area contributed by atoms with Crippen LogP contribution in [0, 0.1) is 6.92 Å². The molecule has 1 aliphatic heterocycles. The summed E-state index contributed by atoms with van der Waals surface area (Å²) in [6.07, 6.45) is 2.63. The van der Waals surface area contributed by atoms with Crippen LogP contribution >= 0.6 is 11.8 Å². The lowest BCUT2D eigenvalue weighted by molar-refractivity contribution is 0.0937. The molecule has 178 valence electrons. The first-order valence-corrected chi connectivity index (χ1v) is 12.6. The van der Waals surface area contributed by atoms with E-state index in [0.717, 1.165) is 24.8 Å². The number of fused-ring (bicyclic) bond motifs is 1. The fraction of sp³-hybridized carbons (Fsp3) is 0.385. The Kier molecular flexibility index (Phi) is 7.80. The van der Waals surface area contributed by atoms with E-state index < -0.39 is 0 Å². The molecule has 34 heavy (non-hydrogen) atoms. The van der Waals surface area contributed by atoms with E-state index >= 15 is 0 Å². The number of carbonyl (C=O) groups excluding carboxylic acids is 2. The van der Waals surface area contributed by atoms with Crippen LogP contribution in [0.25, 0.3) is 10.9 Å². The van der Waals surface area contributed by atoms with E-state index in [1.807, 2.05) is 38.1 Å². The molecule has 2 heterocycles. The number of ether oxygens (including phenoxy) is 1. The molecule has 1 atom stereocenters. The summed E-state index contributed by atoms with van der Waals surface area (Å²) in [5, 5.41) is 3.75. The molecule has 1 aliphatic rings. The predicted molar refractivity (Wildman–Crippen MR) is 134 cm³/mol. The fourth-order valence-corrected chi connectivity index (χ4v) is 4.80. The zero-order chi connectivity index (χ0) is 24.1. The molecule has 1 N–H and O–H groups in total. The van der Waals surface area contributed by atoms with Crippen molar-refractivity contribution >= 4 is 34.4 Å². The number of nitrogens with zero attached hydrogens (tertiary/aromatic N) is 2. The molecule has 0 radical (unpaired) electrons. The summed E-state index contributed by atoms with van der Waals surface area (Å²) in [5.74, 6) is -0.0722. The summed E-state index contributed by atoms with van der Waals surface area (Å²) in [6.45, 7) is 5.62. The van der Waals surface area contributed by atoms with Crippen LogP contribution in [0.4, 0.5) is 0 Å². The van der Waals surface area contributed by atoms with Crippen LogP contribution in [0.1, 0.15) is 52.5 Å². The van der Waals surface area contributed by atoms with E-state index in [4.69, 9.17) is 9.72 Å². The number of ketones is 1. The third-order valence-corrected chi connectivity index (χ3v) is 6.81. The lowest BCUT2D eigenvalue weighted by Gasteiger charge is -2.16. The molecule has 0 aliphatic carbocycles. The van der Waals surface area contributed by atoms with Crippen molar-refractivity contribution < 1.29 is 14.3 Å². The number of hydrogen-bond donors (Lipinski definition) is 1. The number of aryl methyl sites for hydroxylation is 1. The number of aromatic nitrogens is 2. The van der Waals surface area contributed by atoms with E-state index in [2.05, 4.69) is 5.32 Å². The molecule has 1 saturated heterocycles. The van der Waals surface area contributed by atoms with Gasteiger partial charge in [-0.15, -0.1) is 0 Å². The third-order valence-electron chi connectivity index (χ3n) is 5.83. The summed E-state index contributed by atoms with van der Waals surface area (Å²) in [6, 6.07) is 12.4. The van der Waals surface area contributed by atoms with Crippen molar-refractivity contribution in [1.29, 1.82) is 0 Å². The summed E-state index contributed by atoms with van der Waals surface area (Å²) in [7, 11) is 0. The Labute approximate surface area is 202 Å². The molecular formula is C26H29N3O4S. The van der Waals surface area contributed by atoms with Gasteiger partial charge >= 0.3 is 0 Å². The first-order valence-electron chi connectivity index (χ1n) is 11.6. The second kappa shape index (κ2) is 11.0. The van der Waals surface area contributed by atoms with Gasteiger partial charge in [0.25, 0.3) is 11.5 Å². The minimum Gasteiger partial charge on any atom is -0.376 e. The van der Waals surface area contributed by atoms with Crippen molar-refractivity contribution in [2.75, 3.05) is 18.9 Å². The second-order valence-electron chi connectivity index (χ2n) is 8.51. The maximum absolute atomic E-state index is 13.4. The highest BCUT2D eigenvalue weighted by molar-refractivity contribution is 7.99. The van der Waals surface area contributed by atoms with Crippen LogP contribution in [-0.2, 0) is 11.3 Å². The Balaban J connectivity index is 1.66. The third kappa shape index (κ3) is 5.56. The van der Waals surface area contributed by atoms with Crippen LogP contribution in [0.5, 0.6) is 0 Å². The van der Waals surface area contributed by atoms with E-state index in [-0.39, 0.29) is 29.1 Å². The number of amides is 1. The topological polar surface area (TPSA) is 90.3 Å². The molecule has 1 aromatic heterocycles. The second-order valence-corrected chi connectivity index (χ2v) is 9.45. The van der Waals surface area contributed by atoms with Crippen molar-refractivity contribution in [3.05, 3.63) is 69.5 Å². The maximum atomic E-state index is 13.4. The maximum Gasteiger partial charge on any atom is 0.262 e. The number of nitrogens with one attached hydrogen (secondary N) is 1. The first-order chi connectivity index (χ1) is 16.5. The molecule has 1 fully saturated rings. The molecule has 4 rings (SSSR count). The van der Waals surface area contributed by atoms with Gasteiger partial charge in [-0.25, -0.2) is 4.98 Å². The molecule has 0 spiro atoms. The predicted octanol–water partition coefficient (Wildman–Crippen LogP) is 4.00. The van der Waals surface area contributed by atoms with Crippen molar-refractivity contribution in [3.8, 4) is 0 Å². The summed E-state index contributed by atoms with van der Waals surface area (Å²) in [5.41, 5.74) is 2.43. The standard InChI is InChI=1S/C26H29N3O4S/c1-3-12-27-24(31)19-10-11-21-22(14-19)28-26(29(25(21)32)15-20-5-4-13-33-20)34-16-23(30)18-8-6-17(2)7-9-18/h6-11,14,20H,3-5,12-13,15-16H2,1-2H3,(H,27,31). The minimum atomic E-state index is -0.196. The fourth-order valence-electron chi connectivity index (χ4n) is 3.90. The highest BCUT2D eigenvalue weighted by Gasteiger charge is 2.21. The molecule has 1 amide bonds. The van der Waals surface area contributed by atoms with Crippen LogP contribution in [0.15, 0.2) is 52.4 Å². The first kappa shape index (κ1) is 24.2. The van der Waals surface area contributed by atoms with Crippen LogP contribution in [0.2, 0.25) is 0 Å². The van der Waals surface area contributed by atoms with Crippen LogP contribution < -0.4 is 10.9 Å². The lowest BCUT2D eigenvalue weighted by atomic mass is 10.1. The van der Waals surface area contributed by atoms with Gasteiger partial charge in [0.1, 0.15) is 0 Å². The lowest BCUT2D eigenvalue weighted by Crippen LogP contribution is -2.29. The smallest absolute Gasteiger partial charge is 0.262 e. The summed E-state index contributed by atoms with van der Waals surface area (Å²) >= 11 is 1.24. The van der Waals surface area contributed by atoms with Gasteiger partial charge in [0.05, 0.1) is 29.3 Å². The number of benzene rings is 2. The zero-order valence-corrected chi connectivity index (χ0v) is 20.3. The van der Waals surface area contributed by atoms with Gasteiger partial charge in [0.15, 0.2) is 10.9 Å². The number of hydrogen-bond acceptors (Lipinski definition) is 6. The van der Waals surface area contributed by atoms with Crippen LogP contribution in [0.3, 0.4) is 0 Å². The molecule has 0 bridgehead atoms. The van der Waals surface area contributed by atoms with Gasteiger partial charge in [-0.2, -0.15) is 0 Å². The van der Waals surface area contributed by atoms with Gasteiger partial charge in [-0.1, -0.05) is 48.5 Å². The number of rotatable bonds is 9. The van der Waals surface area contributed by atoms with Crippen molar-refractivity contribution in [1.82, 2.24) is 14.9 Å². The SMILES string of the molecule is CCCNC(=O)c1ccc2c(=O)n(CC3CCCO3)c(SCC(=O)c3ccc(C)cc3)nc2c1. The molecule has 2 aromatic carbocycles. The van der Waals surface area contributed by atoms with E-state index in [0.29, 0.717) is 46.9 Å². The Morgan fingerprint density at radius 3 is 2.65 bits per heavy atom. The zero-order valence-electron chi connectivity index (χ0n) is 19.5. The van der Waals surface area contributed by atoms with Crippen LogP contribution in [-0.4, -0.2) is 46.2 Å². The van der Waals surface area contributed by atoms with Crippen molar-refractivity contribution in [2.24, 2.45) is 0 Å². The average molecular weight is 480 g/mol. The molecular weight excluding hydrogens is 450 g/mol. The molecule has 3 aromatic rings. The summed E-state index contributed by atoms with van der Waals surface area (Å²) in [4.78, 5) is 43.3. The quantitative estimate of drug-likeness (QED) is 0.283. The molecule has 7 nitrogen and oxygen atoms in total. The normalized spacial score (nSPS) is 15.5. The van der Waals surface area contributed by atoms with Crippen molar-refractivity contribution in [2.45, 2.75) is 50.9 Å². The average Bonchev–Trinajstić information content (AvgIpc) is 3.36. The molecule has 1 unspecified atom stereocenters. The number of thioether (sulfide) groups is 1. The van der Waals surface area contributed by atoms with Gasteiger partial charge in [-0.3, -0.25) is 19.0 Å². The van der Waals surface area contributed by atoms with E-state index in [1.165, 1.54) is 11.8 Å². The Hall–Kier alpha value is -2.97. The van der Waals surface area contributed by atoms with E-state index in [9.17, 15) is 14.4 Å². The highest BCUT2D eigenvalue weighted by atomic mass is 32.2. The van der Waals surface area contributed by atoms with Crippen molar-refractivity contribution in [3.63, 3.8) is 0 Å². The molecule has 8 heteroatoms. The Morgan fingerprint density at radius 1 is 1.18 bits per heavy atom. The van der Waals surface area contributed by atoms with Gasteiger partial charge in [0, 0.05) is 24.3 Å². The summed E-state index contributed by atoms with van der Waals surface area (Å²) < 4.78 is 7.37. The number of carbonyl (C=O) groups is 2. The largest absolute Gasteiger partial charge is 0.376 e. The monoisotopic (exact) mass is 479 g/mol. The Morgan fingerprint density at radius 2 is 1.94 bits per heavy atom. The van der Waals surface area contributed by atoms with Gasteiger partial charge in [0.2, 0.25) is 0 Å². The number of Topliss-reactive ketones (excluding diaryl/α,β-unsaturated/α-hetero) is 1. The Bertz CT molecular complexity index is 1250. The molecule has 0 saturated carbocycles.